The zero-order chi connectivity index (χ0) is 14.3. The van der Waals surface area contributed by atoms with E-state index in [0.717, 1.165) is 22.2 Å². The number of benzene rings is 1. The predicted molar refractivity (Wildman–Crippen MR) is 74.5 cm³/mol. The number of hydrogen-bond acceptors (Lipinski definition) is 3. The van der Waals surface area contributed by atoms with Crippen LogP contribution in [-0.4, -0.2) is 20.8 Å². The maximum Gasteiger partial charge on any atom is 0.309 e. The first-order valence-electron chi connectivity index (χ1n) is 6.29. The molecule has 3 aromatic rings. The third-order valence-electron chi connectivity index (χ3n) is 3.54. The Morgan fingerprint density at radius 2 is 2.15 bits per heavy atom. The van der Waals surface area contributed by atoms with Gasteiger partial charge in [-0.25, -0.2) is 0 Å². The molecule has 0 amide bonds. The van der Waals surface area contributed by atoms with Crippen LogP contribution < -0.4 is 0 Å². The van der Waals surface area contributed by atoms with Gasteiger partial charge in [0.1, 0.15) is 0 Å². The van der Waals surface area contributed by atoms with Gasteiger partial charge in [0.05, 0.1) is 12.1 Å². The van der Waals surface area contributed by atoms with Gasteiger partial charge in [-0.3, -0.25) is 4.79 Å². The molecule has 0 atom stereocenters. The van der Waals surface area contributed by atoms with E-state index in [9.17, 15) is 4.79 Å². The number of fused-ring (bicyclic) bond motifs is 1. The van der Waals surface area contributed by atoms with Crippen LogP contribution in [0.4, 0.5) is 0 Å². The Balaban J connectivity index is 2.17. The number of carbonyl (C=O) groups is 1. The Kier molecular flexibility index (Phi) is 2.82. The van der Waals surface area contributed by atoms with Crippen molar-refractivity contribution in [2.24, 2.45) is 7.05 Å². The summed E-state index contributed by atoms with van der Waals surface area (Å²) in [5.41, 5.74) is 3.56. The quantitative estimate of drug-likeness (QED) is 0.794. The summed E-state index contributed by atoms with van der Waals surface area (Å²) >= 11 is 0. The Morgan fingerprint density at radius 1 is 1.40 bits per heavy atom. The lowest BCUT2D eigenvalue weighted by Crippen LogP contribution is -1.99. The molecule has 1 aromatic carbocycles. The van der Waals surface area contributed by atoms with Crippen molar-refractivity contribution >= 4 is 16.9 Å². The molecule has 0 radical (unpaired) electrons. The van der Waals surface area contributed by atoms with Crippen LogP contribution in [0.3, 0.4) is 0 Å². The minimum Gasteiger partial charge on any atom is -0.481 e. The van der Waals surface area contributed by atoms with E-state index in [2.05, 4.69) is 9.72 Å². The Bertz CT molecular complexity index is 799. The summed E-state index contributed by atoms with van der Waals surface area (Å²) in [6, 6.07) is 9.72. The van der Waals surface area contributed by atoms with E-state index in [1.54, 1.807) is 6.07 Å². The summed E-state index contributed by atoms with van der Waals surface area (Å²) in [4.78, 5) is 10.7. The largest absolute Gasteiger partial charge is 0.481 e. The number of aliphatic carboxylic acids is 1. The van der Waals surface area contributed by atoms with Crippen molar-refractivity contribution in [2.45, 2.75) is 13.3 Å². The zero-order valence-corrected chi connectivity index (χ0v) is 11.3. The number of para-hydroxylation sites is 1. The Labute approximate surface area is 115 Å². The van der Waals surface area contributed by atoms with E-state index in [4.69, 9.17) is 9.63 Å². The fourth-order valence-electron chi connectivity index (χ4n) is 2.50. The average molecular weight is 270 g/mol. The summed E-state index contributed by atoms with van der Waals surface area (Å²) in [5.74, 6) is -0.310. The Hall–Kier alpha value is -2.56. The highest BCUT2D eigenvalue weighted by Crippen LogP contribution is 2.34. The fraction of sp³-hybridized carbons (Fsp3) is 0.200. The summed E-state index contributed by atoms with van der Waals surface area (Å²) in [6.45, 7) is 2.01. The fourth-order valence-corrected chi connectivity index (χ4v) is 2.50. The van der Waals surface area contributed by atoms with Crippen LogP contribution in [0, 0.1) is 6.92 Å². The molecule has 2 aromatic heterocycles. The number of aryl methyl sites for hydroxylation is 1. The van der Waals surface area contributed by atoms with Gasteiger partial charge in [-0.15, -0.1) is 0 Å². The van der Waals surface area contributed by atoms with Gasteiger partial charge in [-0.05, 0) is 13.0 Å². The monoisotopic (exact) mass is 270 g/mol. The standard InChI is InChI=1S/C15H14N2O3/c1-9-15(11-5-3-4-6-12(11)17(9)2)13-7-10(16-20-13)8-14(18)19/h3-7H,8H2,1-2H3,(H,18,19). The van der Waals surface area contributed by atoms with E-state index in [1.165, 1.54) is 0 Å². The Morgan fingerprint density at radius 3 is 2.90 bits per heavy atom. The molecule has 0 saturated heterocycles. The van der Waals surface area contributed by atoms with Crippen LogP contribution >= 0.6 is 0 Å². The van der Waals surface area contributed by atoms with Crippen molar-refractivity contribution in [3.63, 3.8) is 0 Å². The average Bonchev–Trinajstić information content (AvgIpc) is 2.94. The van der Waals surface area contributed by atoms with Gasteiger partial charge in [-0.1, -0.05) is 23.4 Å². The molecule has 3 rings (SSSR count). The van der Waals surface area contributed by atoms with E-state index in [1.807, 2.05) is 38.2 Å². The van der Waals surface area contributed by atoms with E-state index < -0.39 is 5.97 Å². The number of hydrogen-bond donors (Lipinski definition) is 1. The summed E-state index contributed by atoms with van der Waals surface area (Å²) in [5, 5.41) is 13.7. The van der Waals surface area contributed by atoms with Crippen LogP contribution in [0.2, 0.25) is 0 Å². The number of carboxylic acid groups (broad SMARTS) is 1. The van der Waals surface area contributed by atoms with Gasteiger partial charge in [-0.2, -0.15) is 0 Å². The summed E-state index contributed by atoms with van der Waals surface area (Å²) in [6.07, 6.45) is -0.132. The molecule has 0 unspecified atom stereocenters. The topological polar surface area (TPSA) is 68.3 Å². The zero-order valence-electron chi connectivity index (χ0n) is 11.3. The number of rotatable bonds is 3. The van der Waals surface area contributed by atoms with Crippen LogP contribution in [0.5, 0.6) is 0 Å². The van der Waals surface area contributed by atoms with Crippen molar-refractivity contribution in [1.82, 2.24) is 9.72 Å². The lowest BCUT2D eigenvalue weighted by molar-refractivity contribution is -0.136. The molecule has 5 heteroatoms. The first-order valence-corrected chi connectivity index (χ1v) is 6.29. The van der Waals surface area contributed by atoms with Crippen LogP contribution in [0.15, 0.2) is 34.9 Å². The highest BCUT2D eigenvalue weighted by atomic mass is 16.5. The number of aromatic nitrogens is 2. The minimum absolute atomic E-state index is 0.132. The van der Waals surface area contributed by atoms with Gasteiger partial charge in [0.25, 0.3) is 0 Å². The molecule has 0 fully saturated rings. The number of nitrogens with zero attached hydrogens (tertiary/aromatic N) is 2. The summed E-state index contributed by atoms with van der Waals surface area (Å²) in [7, 11) is 2.00. The normalized spacial score (nSPS) is 11.1. The smallest absolute Gasteiger partial charge is 0.309 e. The molecule has 1 N–H and O–H groups in total. The minimum atomic E-state index is -0.917. The number of carboxylic acids is 1. The second-order valence-electron chi connectivity index (χ2n) is 4.79. The maximum atomic E-state index is 10.7. The third kappa shape index (κ3) is 1.87. The van der Waals surface area contributed by atoms with E-state index in [-0.39, 0.29) is 6.42 Å². The molecular weight excluding hydrogens is 256 g/mol. The molecule has 5 nitrogen and oxygen atoms in total. The third-order valence-corrected chi connectivity index (χ3v) is 3.54. The maximum absolute atomic E-state index is 10.7. The van der Waals surface area contributed by atoms with Crippen LogP contribution in [-0.2, 0) is 18.3 Å². The van der Waals surface area contributed by atoms with Crippen molar-refractivity contribution in [3.8, 4) is 11.3 Å². The van der Waals surface area contributed by atoms with Gasteiger partial charge >= 0.3 is 5.97 Å². The molecule has 0 aliphatic carbocycles. The molecule has 0 bridgehead atoms. The van der Waals surface area contributed by atoms with Crippen molar-refractivity contribution in [1.29, 1.82) is 0 Å². The molecule has 0 spiro atoms. The molecule has 0 saturated carbocycles. The second kappa shape index (κ2) is 4.52. The van der Waals surface area contributed by atoms with Gasteiger partial charge in [0, 0.05) is 35.3 Å². The van der Waals surface area contributed by atoms with Crippen molar-refractivity contribution < 1.29 is 14.4 Å². The molecule has 2 heterocycles. The first kappa shape index (κ1) is 12.5. The van der Waals surface area contributed by atoms with E-state index >= 15 is 0 Å². The molecule has 102 valence electrons. The van der Waals surface area contributed by atoms with Crippen LogP contribution in [0.1, 0.15) is 11.4 Å². The van der Waals surface area contributed by atoms with E-state index in [0.29, 0.717) is 11.5 Å². The molecular formula is C15H14N2O3. The summed E-state index contributed by atoms with van der Waals surface area (Å²) < 4.78 is 7.41. The SMILES string of the molecule is Cc1c(-c2cc(CC(=O)O)no2)c2ccccc2n1C. The van der Waals surface area contributed by atoms with Gasteiger partial charge in [0.15, 0.2) is 5.76 Å². The first-order chi connectivity index (χ1) is 9.58. The molecule has 20 heavy (non-hydrogen) atoms. The lowest BCUT2D eigenvalue weighted by atomic mass is 10.1. The van der Waals surface area contributed by atoms with Gasteiger partial charge in [0.2, 0.25) is 0 Å². The van der Waals surface area contributed by atoms with Gasteiger partial charge < -0.3 is 14.2 Å². The molecule has 0 aliphatic heterocycles. The predicted octanol–water partition coefficient (Wildman–Crippen LogP) is 2.77. The highest BCUT2D eigenvalue weighted by Gasteiger charge is 2.18. The van der Waals surface area contributed by atoms with Crippen LogP contribution in [0.25, 0.3) is 22.2 Å². The highest BCUT2D eigenvalue weighted by molar-refractivity contribution is 5.96. The lowest BCUT2D eigenvalue weighted by Gasteiger charge is -1.98. The molecule has 0 aliphatic rings. The second-order valence-corrected chi connectivity index (χ2v) is 4.79. The van der Waals surface area contributed by atoms with Crippen molar-refractivity contribution in [2.75, 3.05) is 0 Å². The van der Waals surface area contributed by atoms with Crippen molar-refractivity contribution in [3.05, 3.63) is 41.7 Å².